The first-order chi connectivity index (χ1) is 6.81. The van der Waals surface area contributed by atoms with Gasteiger partial charge in [0.25, 0.3) is 0 Å². The Hall–Kier alpha value is 0.270. The summed E-state index contributed by atoms with van der Waals surface area (Å²) in [5.41, 5.74) is 0. The number of nitrogens with one attached hydrogen (secondary N) is 1. The number of hydrogen-bond acceptors (Lipinski definition) is 3. The van der Waals surface area contributed by atoms with Crippen LogP contribution in [0, 0.1) is 0 Å². The first-order valence-electron chi connectivity index (χ1n) is 5.80. The zero-order valence-corrected chi connectivity index (χ0v) is 10.1. The predicted octanol–water partition coefficient (Wildman–Crippen LogP) is 1.56. The van der Waals surface area contributed by atoms with Crippen LogP contribution in [0.4, 0.5) is 0 Å². The standard InChI is InChI=1S/C11H22N2S/c1-9-8-12-5-6-13(9)10-3-4-11(7-10)14-2/h9-12H,3-8H2,1-2H3. The zero-order chi connectivity index (χ0) is 9.97. The second-order valence-electron chi connectivity index (χ2n) is 4.62. The maximum absolute atomic E-state index is 3.47. The van der Waals surface area contributed by atoms with Crippen LogP contribution in [0.25, 0.3) is 0 Å². The van der Waals surface area contributed by atoms with Crippen LogP contribution in [-0.2, 0) is 0 Å². The van der Waals surface area contributed by atoms with Gasteiger partial charge in [0.1, 0.15) is 0 Å². The summed E-state index contributed by atoms with van der Waals surface area (Å²) in [5, 5.41) is 4.40. The molecule has 2 nitrogen and oxygen atoms in total. The second kappa shape index (κ2) is 4.86. The zero-order valence-electron chi connectivity index (χ0n) is 9.33. The SMILES string of the molecule is CSC1CCC(N2CCNCC2C)C1. The third-order valence-corrected chi connectivity index (χ3v) is 4.81. The highest BCUT2D eigenvalue weighted by Gasteiger charge is 2.32. The molecule has 0 aromatic rings. The number of nitrogens with zero attached hydrogens (tertiary/aromatic N) is 1. The molecule has 1 saturated heterocycles. The lowest BCUT2D eigenvalue weighted by Crippen LogP contribution is -2.53. The fourth-order valence-electron chi connectivity index (χ4n) is 2.83. The molecule has 2 fully saturated rings. The Balaban J connectivity index is 1.88. The fourth-order valence-corrected chi connectivity index (χ4v) is 3.62. The number of hydrogen-bond donors (Lipinski definition) is 1. The van der Waals surface area contributed by atoms with Gasteiger partial charge in [-0.25, -0.2) is 0 Å². The highest BCUT2D eigenvalue weighted by Crippen LogP contribution is 2.32. The van der Waals surface area contributed by atoms with E-state index in [4.69, 9.17) is 0 Å². The van der Waals surface area contributed by atoms with Crippen LogP contribution in [0.15, 0.2) is 0 Å². The molecule has 0 aromatic heterocycles. The molecular weight excluding hydrogens is 192 g/mol. The average molecular weight is 214 g/mol. The van der Waals surface area contributed by atoms with E-state index in [1.165, 1.54) is 38.9 Å². The van der Waals surface area contributed by atoms with Gasteiger partial charge >= 0.3 is 0 Å². The molecule has 0 amide bonds. The van der Waals surface area contributed by atoms with E-state index in [1.807, 2.05) is 0 Å². The molecule has 2 rings (SSSR count). The minimum absolute atomic E-state index is 0.745. The van der Waals surface area contributed by atoms with Gasteiger partial charge in [-0.05, 0) is 32.4 Å². The third kappa shape index (κ3) is 2.26. The molecule has 0 aromatic carbocycles. The van der Waals surface area contributed by atoms with Gasteiger partial charge in [0.2, 0.25) is 0 Å². The Labute approximate surface area is 91.8 Å². The monoisotopic (exact) mass is 214 g/mol. The molecule has 0 spiro atoms. The predicted molar refractivity (Wildman–Crippen MR) is 64.0 cm³/mol. The van der Waals surface area contributed by atoms with Gasteiger partial charge in [-0.1, -0.05) is 0 Å². The van der Waals surface area contributed by atoms with E-state index in [9.17, 15) is 0 Å². The molecular formula is C11H22N2S. The minimum Gasteiger partial charge on any atom is -0.314 e. The molecule has 1 saturated carbocycles. The van der Waals surface area contributed by atoms with Gasteiger partial charge in [-0.3, -0.25) is 4.90 Å². The maximum atomic E-state index is 3.47. The highest BCUT2D eigenvalue weighted by molar-refractivity contribution is 7.99. The Morgan fingerprint density at radius 3 is 2.86 bits per heavy atom. The van der Waals surface area contributed by atoms with Gasteiger partial charge in [0.15, 0.2) is 0 Å². The molecule has 14 heavy (non-hydrogen) atoms. The third-order valence-electron chi connectivity index (χ3n) is 3.71. The summed E-state index contributed by atoms with van der Waals surface area (Å²) in [7, 11) is 0. The summed E-state index contributed by atoms with van der Waals surface area (Å²) in [5.74, 6) is 0. The van der Waals surface area contributed by atoms with Crippen molar-refractivity contribution in [2.24, 2.45) is 0 Å². The molecule has 82 valence electrons. The summed E-state index contributed by atoms with van der Waals surface area (Å²) in [6, 6.07) is 1.62. The van der Waals surface area contributed by atoms with Crippen molar-refractivity contribution in [1.29, 1.82) is 0 Å². The van der Waals surface area contributed by atoms with Crippen LogP contribution >= 0.6 is 11.8 Å². The molecule has 0 radical (unpaired) electrons. The van der Waals surface area contributed by atoms with Crippen molar-refractivity contribution in [3.8, 4) is 0 Å². The first kappa shape index (κ1) is 10.8. The molecule has 0 bridgehead atoms. The number of piperazine rings is 1. The summed E-state index contributed by atoms with van der Waals surface area (Å²) >= 11 is 2.06. The number of thioether (sulfide) groups is 1. The van der Waals surface area contributed by atoms with Gasteiger partial charge in [-0.15, -0.1) is 0 Å². The summed E-state index contributed by atoms with van der Waals surface area (Å²) in [6.45, 7) is 5.98. The van der Waals surface area contributed by atoms with Crippen molar-refractivity contribution < 1.29 is 0 Å². The lowest BCUT2D eigenvalue weighted by atomic mass is 10.1. The van der Waals surface area contributed by atoms with E-state index < -0.39 is 0 Å². The van der Waals surface area contributed by atoms with Crippen molar-refractivity contribution in [1.82, 2.24) is 10.2 Å². The normalized spacial score (nSPS) is 40.3. The molecule has 1 aliphatic heterocycles. The van der Waals surface area contributed by atoms with Crippen LogP contribution in [-0.4, -0.2) is 48.1 Å². The van der Waals surface area contributed by atoms with Crippen molar-refractivity contribution >= 4 is 11.8 Å². The lowest BCUT2D eigenvalue weighted by Gasteiger charge is -2.38. The summed E-state index contributed by atoms with van der Waals surface area (Å²) in [6.07, 6.45) is 6.54. The van der Waals surface area contributed by atoms with Crippen LogP contribution in [0.3, 0.4) is 0 Å². The Bertz CT molecular complexity index is 186. The Kier molecular flexibility index (Phi) is 3.74. The van der Waals surface area contributed by atoms with Gasteiger partial charge in [-0.2, -0.15) is 11.8 Å². The quantitative estimate of drug-likeness (QED) is 0.751. The highest BCUT2D eigenvalue weighted by atomic mass is 32.2. The topological polar surface area (TPSA) is 15.3 Å². The van der Waals surface area contributed by atoms with E-state index in [2.05, 4.69) is 35.2 Å². The van der Waals surface area contributed by atoms with Crippen LogP contribution in [0.2, 0.25) is 0 Å². The van der Waals surface area contributed by atoms with Crippen molar-refractivity contribution in [3.05, 3.63) is 0 Å². The number of rotatable bonds is 2. The molecule has 3 atom stereocenters. The van der Waals surface area contributed by atoms with E-state index in [1.54, 1.807) is 0 Å². The maximum Gasteiger partial charge on any atom is 0.0195 e. The van der Waals surface area contributed by atoms with Crippen molar-refractivity contribution in [2.75, 3.05) is 25.9 Å². The van der Waals surface area contributed by atoms with E-state index in [0.717, 1.165) is 17.3 Å². The molecule has 3 heteroatoms. The lowest BCUT2D eigenvalue weighted by molar-refractivity contribution is 0.119. The van der Waals surface area contributed by atoms with Crippen LogP contribution < -0.4 is 5.32 Å². The van der Waals surface area contributed by atoms with Gasteiger partial charge < -0.3 is 5.32 Å². The van der Waals surface area contributed by atoms with Crippen molar-refractivity contribution in [3.63, 3.8) is 0 Å². The van der Waals surface area contributed by atoms with Crippen molar-refractivity contribution in [2.45, 2.75) is 43.5 Å². The second-order valence-corrected chi connectivity index (χ2v) is 5.75. The smallest absolute Gasteiger partial charge is 0.0195 e. The van der Waals surface area contributed by atoms with Crippen LogP contribution in [0.5, 0.6) is 0 Å². The molecule has 1 N–H and O–H groups in total. The first-order valence-corrected chi connectivity index (χ1v) is 7.09. The largest absolute Gasteiger partial charge is 0.314 e. The molecule has 3 unspecified atom stereocenters. The van der Waals surface area contributed by atoms with E-state index in [-0.39, 0.29) is 0 Å². The van der Waals surface area contributed by atoms with E-state index >= 15 is 0 Å². The van der Waals surface area contributed by atoms with E-state index in [0.29, 0.717) is 0 Å². The minimum atomic E-state index is 0.745. The molecule has 1 aliphatic carbocycles. The van der Waals surface area contributed by atoms with Crippen LogP contribution in [0.1, 0.15) is 26.2 Å². The van der Waals surface area contributed by atoms with Gasteiger partial charge in [0, 0.05) is 37.0 Å². The molecule has 2 aliphatic rings. The molecule has 1 heterocycles. The Morgan fingerprint density at radius 1 is 1.36 bits per heavy atom. The van der Waals surface area contributed by atoms with Gasteiger partial charge in [0.05, 0.1) is 0 Å². The summed E-state index contributed by atoms with van der Waals surface area (Å²) < 4.78 is 0. The fraction of sp³-hybridized carbons (Fsp3) is 1.00. The Morgan fingerprint density at radius 2 is 2.21 bits per heavy atom. The summed E-state index contributed by atoms with van der Waals surface area (Å²) in [4.78, 5) is 2.73. The average Bonchev–Trinajstić information content (AvgIpc) is 2.67.